The van der Waals surface area contributed by atoms with Crippen molar-refractivity contribution in [3.8, 4) is 0 Å². The van der Waals surface area contributed by atoms with Gasteiger partial charge in [-0.15, -0.1) is 11.8 Å². The Morgan fingerprint density at radius 1 is 1.21 bits per heavy atom. The van der Waals surface area contributed by atoms with Gasteiger partial charge in [0.1, 0.15) is 5.76 Å². The maximum atomic E-state index is 11.1. The van der Waals surface area contributed by atoms with Crippen molar-refractivity contribution in [1.82, 2.24) is 0 Å². The average molecular weight is 297 g/mol. The highest BCUT2D eigenvalue weighted by atomic mass is 32.2. The molecule has 19 heavy (non-hydrogen) atoms. The molecule has 0 bridgehead atoms. The molecule has 4 nitrogen and oxygen atoms in total. The van der Waals surface area contributed by atoms with E-state index < -0.39 is 10.0 Å². The predicted molar refractivity (Wildman–Crippen MR) is 75.7 cm³/mol. The standard InChI is InChI=1S/C13H15NO3S2/c1-10-13(6-8-17-10)18-9-7-11-2-4-12(5-3-11)19(14,15)16/h2-6,8H,7,9H2,1H3,(H2,14,15,16). The minimum absolute atomic E-state index is 0.148. The normalized spacial score (nSPS) is 11.7. The molecule has 1 aromatic heterocycles. The van der Waals surface area contributed by atoms with Crippen LogP contribution in [0.3, 0.4) is 0 Å². The van der Waals surface area contributed by atoms with Gasteiger partial charge < -0.3 is 4.42 Å². The van der Waals surface area contributed by atoms with Crippen LogP contribution in [0.25, 0.3) is 0 Å². The van der Waals surface area contributed by atoms with Crippen molar-refractivity contribution >= 4 is 21.8 Å². The number of furan rings is 1. The van der Waals surface area contributed by atoms with Gasteiger partial charge in [-0.3, -0.25) is 0 Å². The summed E-state index contributed by atoms with van der Waals surface area (Å²) in [5, 5.41) is 5.05. The van der Waals surface area contributed by atoms with Crippen LogP contribution in [0.4, 0.5) is 0 Å². The molecule has 0 aliphatic rings. The summed E-state index contributed by atoms with van der Waals surface area (Å²) in [6.07, 6.45) is 2.54. The maximum Gasteiger partial charge on any atom is 0.238 e. The molecule has 0 aliphatic carbocycles. The third-order valence-corrected chi connectivity index (χ3v) is 4.78. The number of rotatable bonds is 5. The van der Waals surface area contributed by atoms with Crippen LogP contribution in [0.15, 0.2) is 50.8 Å². The molecule has 1 heterocycles. The molecule has 0 aliphatic heterocycles. The topological polar surface area (TPSA) is 73.3 Å². The van der Waals surface area contributed by atoms with E-state index in [2.05, 4.69) is 0 Å². The zero-order valence-corrected chi connectivity index (χ0v) is 12.1. The second kappa shape index (κ2) is 5.81. The Kier molecular flexibility index (Phi) is 4.34. The lowest BCUT2D eigenvalue weighted by atomic mass is 10.2. The predicted octanol–water partition coefficient (Wildman–Crippen LogP) is 2.57. The number of primary sulfonamides is 1. The largest absolute Gasteiger partial charge is 0.468 e. The van der Waals surface area contributed by atoms with Crippen LogP contribution in [-0.2, 0) is 16.4 Å². The third kappa shape index (κ3) is 3.86. The van der Waals surface area contributed by atoms with Gasteiger partial charge in [0, 0.05) is 10.6 Å². The molecular weight excluding hydrogens is 282 g/mol. The van der Waals surface area contributed by atoms with Crippen LogP contribution in [0.2, 0.25) is 0 Å². The quantitative estimate of drug-likeness (QED) is 0.861. The first-order valence-electron chi connectivity index (χ1n) is 5.75. The van der Waals surface area contributed by atoms with Crippen LogP contribution in [-0.4, -0.2) is 14.2 Å². The summed E-state index contributed by atoms with van der Waals surface area (Å²) in [6.45, 7) is 1.93. The Labute approximate surface area is 117 Å². The van der Waals surface area contributed by atoms with E-state index >= 15 is 0 Å². The highest BCUT2D eigenvalue weighted by Gasteiger charge is 2.07. The molecule has 0 atom stereocenters. The molecule has 0 fully saturated rings. The minimum atomic E-state index is -3.60. The molecule has 0 amide bonds. The maximum absolute atomic E-state index is 11.1. The number of hydrogen-bond donors (Lipinski definition) is 1. The molecule has 2 rings (SSSR count). The molecule has 0 saturated heterocycles. The molecule has 1 aromatic carbocycles. The average Bonchev–Trinajstić information content (AvgIpc) is 2.75. The molecule has 0 unspecified atom stereocenters. The van der Waals surface area contributed by atoms with Crippen molar-refractivity contribution in [3.05, 3.63) is 47.9 Å². The Balaban J connectivity index is 1.92. The van der Waals surface area contributed by atoms with Gasteiger partial charge >= 0.3 is 0 Å². The molecule has 102 valence electrons. The fourth-order valence-corrected chi connectivity index (χ4v) is 3.12. The zero-order valence-electron chi connectivity index (χ0n) is 10.5. The van der Waals surface area contributed by atoms with Crippen molar-refractivity contribution in [1.29, 1.82) is 0 Å². The summed E-state index contributed by atoms with van der Waals surface area (Å²) in [7, 11) is -3.60. The summed E-state index contributed by atoms with van der Waals surface area (Å²) in [5.74, 6) is 1.84. The van der Waals surface area contributed by atoms with Crippen molar-refractivity contribution in [2.24, 2.45) is 5.14 Å². The smallest absolute Gasteiger partial charge is 0.238 e. The van der Waals surface area contributed by atoms with Crippen LogP contribution in [0.5, 0.6) is 0 Å². The lowest BCUT2D eigenvalue weighted by molar-refractivity contribution is 0.527. The van der Waals surface area contributed by atoms with Crippen LogP contribution < -0.4 is 5.14 Å². The van der Waals surface area contributed by atoms with Gasteiger partial charge in [-0.1, -0.05) is 12.1 Å². The number of nitrogens with two attached hydrogens (primary N) is 1. The Hall–Kier alpha value is -1.24. The summed E-state index contributed by atoms with van der Waals surface area (Å²) in [4.78, 5) is 1.29. The van der Waals surface area contributed by atoms with Gasteiger partial charge in [0.2, 0.25) is 10.0 Å². The first-order valence-corrected chi connectivity index (χ1v) is 8.28. The fourth-order valence-electron chi connectivity index (χ4n) is 1.65. The van der Waals surface area contributed by atoms with Crippen molar-refractivity contribution in [3.63, 3.8) is 0 Å². The van der Waals surface area contributed by atoms with Crippen molar-refractivity contribution in [2.75, 3.05) is 5.75 Å². The molecule has 2 aromatic rings. The van der Waals surface area contributed by atoms with Gasteiger partial charge in [0.25, 0.3) is 0 Å². The minimum Gasteiger partial charge on any atom is -0.468 e. The summed E-state index contributed by atoms with van der Waals surface area (Å²) in [5.41, 5.74) is 1.08. The van der Waals surface area contributed by atoms with E-state index in [1.54, 1.807) is 42.3 Å². The summed E-state index contributed by atoms with van der Waals surface area (Å²) >= 11 is 1.72. The Morgan fingerprint density at radius 2 is 1.89 bits per heavy atom. The number of thioether (sulfide) groups is 1. The Morgan fingerprint density at radius 3 is 2.42 bits per heavy atom. The Bertz CT molecular complexity index is 645. The van der Waals surface area contributed by atoms with E-state index in [-0.39, 0.29) is 4.90 Å². The highest BCUT2D eigenvalue weighted by Crippen LogP contribution is 2.24. The molecule has 0 saturated carbocycles. The lowest BCUT2D eigenvalue weighted by Crippen LogP contribution is -2.11. The number of sulfonamides is 1. The third-order valence-electron chi connectivity index (χ3n) is 2.71. The fraction of sp³-hybridized carbons (Fsp3) is 0.231. The van der Waals surface area contributed by atoms with E-state index in [0.29, 0.717) is 0 Å². The van der Waals surface area contributed by atoms with Gasteiger partial charge in [0.15, 0.2) is 0 Å². The van der Waals surface area contributed by atoms with Gasteiger partial charge in [0.05, 0.1) is 11.2 Å². The van der Waals surface area contributed by atoms with E-state index in [9.17, 15) is 8.42 Å². The van der Waals surface area contributed by atoms with E-state index in [4.69, 9.17) is 9.56 Å². The van der Waals surface area contributed by atoms with Gasteiger partial charge in [-0.2, -0.15) is 0 Å². The summed E-state index contributed by atoms with van der Waals surface area (Å²) in [6, 6.07) is 8.62. The zero-order chi connectivity index (χ0) is 13.9. The number of benzene rings is 1. The second-order valence-electron chi connectivity index (χ2n) is 4.13. The SMILES string of the molecule is Cc1occc1SCCc1ccc(S(N)(=O)=O)cc1. The molecule has 0 spiro atoms. The van der Waals surface area contributed by atoms with E-state index in [1.807, 2.05) is 13.0 Å². The molecule has 0 radical (unpaired) electrons. The number of aryl methyl sites for hydroxylation is 2. The molecular formula is C13H15NO3S2. The van der Waals surface area contributed by atoms with Gasteiger partial charge in [-0.25, -0.2) is 13.6 Å². The second-order valence-corrected chi connectivity index (χ2v) is 6.83. The van der Waals surface area contributed by atoms with Crippen molar-refractivity contribution in [2.45, 2.75) is 23.1 Å². The van der Waals surface area contributed by atoms with Crippen LogP contribution in [0, 0.1) is 6.92 Å². The first-order chi connectivity index (χ1) is 8.97. The van der Waals surface area contributed by atoms with Crippen LogP contribution in [0.1, 0.15) is 11.3 Å². The monoisotopic (exact) mass is 297 g/mol. The number of hydrogen-bond acceptors (Lipinski definition) is 4. The van der Waals surface area contributed by atoms with Gasteiger partial charge in [-0.05, 0) is 37.1 Å². The van der Waals surface area contributed by atoms with Crippen LogP contribution >= 0.6 is 11.8 Å². The first kappa shape index (κ1) is 14.2. The lowest BCUT2D eigenvalue weighted by Gasteiger charge is -2.03. The highest BCUT2D eigenvalue weighted by molar-refractivity contribution is 7.99. The molecule has 2 N–H and O–H groups in total. The van der Waals surface area contributed by atoms with Crippen molar-refractivity contribution < 1.29 is 12.8 Å². The van der Waals surface area contributed by atoms with E-state index in [1.165, 1.54) is 0 Å². The van der Waals surface area contributed by atoms with E-state index in [0.717, 1.165) is 28.4 Å². The summed E-state index contributed by atoms with van der Waals surface area (Å²) < 4.78 is 27.4. The molecule has 6 heteroatoms.